The second kappa shape index (κ2) is 10.7. The molecule has 0 aromatic heterocycles. The van der Waals surface area contributed by atoms with Gasteiger partial charge in [-0.2, -0.15) is 5.26 Å². The van der Waals surface area contributed by atoms with Gasteiger partial charge >= 0.3 is 0 Å². The monoisotopic (exact) mass is 441 g/mol. The van der Waals surface area contributed by atoms with E-state index in [1.807, 2.05) is 30.3 Å². The Morgan fingerprint density at radius 3 is 2.03 bits per heavy atom. The van der Waals surface area contributed by atoms with Crippen molar-refractivity contribution in [1.29, 1.82) is 10.7 Å². The van der Waals surface area contributed by atoms with E-state index in [9.17, 15) is 9.59 Å². The van der Waals surface area contributed by atoms with Crippen molar-refractivity contribution in [2.45, 2.75) is 19.3 Å². The second-order valence-electron chi connectivity index (χ2n) is 7.32. The molecule has 0 bridgehead atoms. The lowest BCUT2D eigenvalue weighted by Gasteiger charge is -2.17. The molecule has 0 saturated carbocycles. The van der Waals surface area contributed by atoms with Gasteiger partial charge in [-0.1, -0.05) is 36.4 Å². The molecular formula is C25H23N5O3. The number of nitriles is 1. The van der Waals surface area contributed by atoms with Crippen LogP contribution >= 0.6 is 0 Å². The van der Waals surface area contributed by atoms with Crippen molar-refractivity contribution in [3.05, 3.63) is 106 Å². The summed E-state index contributed by atoms with van der Waals surface area (Å²) in [4.78, 5) is 23.5. The van der Waals surface area contributed by atoms with Crippen LogP contribution in [0.3, 0.4) is 0 Å². The maximum atomic E-state index is 12.2. The van der Waals surface area contributed by atoms with Gasteiger partial charge in [-0.15, -0.1) is 0 Å². The van der Waals surface area contributed by atoms with Crippen LogP contribution in [-0.2, 0) is 17.9 Å². The highest BCUT2D eigenvalue weighted by Crippen LogP contribution is 2.20. The summed E-state index contributed by atoms with van der Waals surface area (Å²) in [5, 5.41) is 19.5. The fourth-order valence-corrected chi connectivity index (χ4v) is 3.10. The van der Waals surface area contributed by atoms with Gasteiger partial charge in [0, 0.05) is 17.7 Å². The van der Waals surface area contributed by atoms with E-state index >= 15 is 0 Å². The fourth-order valence-electron chi connectivity index (χ4n) is 3.10. The van der Waals surface area contributed by atoms with Crippen molar-refractivity contribution >= 4 is 17.6 Å². The highest BCUT2D eigenvalue weighted by molar-refractivity contribution is 5.94. The smallest absolute Gasteiger partial charge is 0.251 e. The molecule has 8 heteroatoms. The molecule has 8 nitrogen and oxygen atoms in total. The summed E-state index contributed by atoms with van der Waals surface area (Å²) in [5.74, 6) is -0.905. The van der Waals surface area contributed by atoms with E-state index in [1.54, 1.807) is 48.5 Å². The van der Waals surface area contributed by atoms with Gasteiger partial charge in [-0.3, -0.25) is 15.0 Å². The first kappa shape index (κ1) is 23.2. The number of hydrogen-bond donors (Lipinski definition) is 4. The Balaban J connectivity index is 1.55. The molecule has 0 aliphatic rings. The van der Waals surface area contributed by atoms with Crippen molar-refractivity contribution < 1.29 is 14.3 Å². The van der Waals surface area contributed by atoms with Gasteiger partial charge in [0.25, 0.3) is 5.91 Å². The molecule has 3 rings (SSSR count). The Morgan fingerprint density at radius 2 is 1.48 bits per heavy atom. The predicted octanol–water partition coefficient (Wildman–Crippen LogP) is 2.78. The average molecular weight is 441 g/mol. The van der Waals surface area contributed by atoms with Crippen LogP contribution < -0.4 is 16.8 Å². The summed E-state index contributed by atoms with van der Waals surface area (Å²) < 4.78 is 5.83. The molecule has 3 aromatic rings. The van der Waals surface area contributed by atoms with Crippen molar-refractivity contribution in [2.75, 3.05) is 0 Å². The number of ether oxygens (including phenoxy) is 1. The van der Waals surface area contributed by atoms with Crippen molar-refractivity contribution in [1.82, 2.24) is 5.32 Å². The molecule has 0 spiro atoms. The van der Waals surface area contributed by atoms with E-state index in [4.69, 9.17) is 26.9 Å². The van der Waals surface area contributed by atoms with Gasteiger partial charge in [0.05, 0.1) is 18.2 Å². The Hall–Kier alpha value is -4.48. The molecule has 0 fully saturated rings. The highest BCUT2D eigenvalue weighted by Gasteiger charge is 2.16. The second-order valence-corrected chi connectivity index (χ2v) is 7.32. The first-order chi connectivity index (χ1) is 15.9. The van der Waals surface area contributed by atoms with Gasteiger partial charge in [-0.25, -0.2) is 0 Å². The van der Waals surface area contributed by atoms with Crippen LogP contribution in [0.25, 0.3) is 0 Å². The third-order valence-electron chi connectivity index (χ3n) is 4.95. The van der Waals surface area contributed by atoms with Crippen LogP contribution in [0.2, 0.25) is 0 Å². The molecule has 0 saturated heterocycles. The van der Waals surface area contributed by atoms with Crippen molar-refractivity contribution in [3.8, 4) is 6.07 Å². The average Bonchev–Trinajstić information content (AvgIpc) is 2.83. The third-order valence-corrected chi connectivity index (χ3v) is 4.95. The molecular weight excluding hydrogens is 418 g/mol. The number of benzene rings is 3. The van der Waals surface area contributed by atoms with E-state index in [-0.39, 0.29) is 18.3 Å². The van der Waals surface area contributed by atoms with Crippen LogP contribution in [0.5, 0.6) is 0 Å². The molecule has 0 radical (unpaired) electrons. The minimum Gasteiger partial charge on any atom is -0.385 e. The maximum absolute atomic E-state index is 12.2. The summed E-state index contributed by atoms with van der Waals surface area (Å²) in [6.45, 7) is 0.571. The number of rotatable bonds is 9. The molecule has 166 valence electrons. The van der Waals surface area contributed by atoms with Gasteiger partial charge in [0.15, 0.2) is 0 Å². The number of nitrogens with zero attached hydrogens (tertiary/aromatic N) is 1. The van der Waals surface area contributed by atoms with Gasteiger partial charge in [0.1, 0.15) is 11.9 Å². The van der Waals surface area contributed by atoms with Crippen molar-refractivity contribution in [3.63, 3.8) is 0 Å². The summed E-state index contributed by atoms with van der Waals surface area (Å²) in [6, 6.07) is 22.4. The largest absolute Gasteiger partial charge is 0.385 e. The Labute approximate surface area is 191 Å². The van der Waals surface area contributed by atoms with E-state index in [0.717, 1.165) is 11.1 Å². The number of carbonyl (C=O) groups excluding carboxylic acids is 2. The van der Waals surface area contributed by atoms with Gasteiger partial charge < -0.3 is 21.5 Å². The number of nitrogens with one attached hydrogen (secondary N) is 2. The van der Waals surface area contributed by atoms with Crippen LogP contribution in [0.4, 0.5) is 0 Å². The van der Waals surface area contributed by atoms with E-state index in [2.05, 4.69) is 5.32 Å². The first-order valence-electron chi connectivity index (χ1n) is 10.1. The summed E-state index contributed by atoms with van der Waals surface area (Å²) in [7, 11) is 0. The summed E-state index contributed by atoms with van der Waals surface area (Å²) in [6.07, 6.45) is -0.752. The zero-order valence-corrected chi connectivity index (χ0v) is 17.7. The lowest BCUT2D eigenvalue weighted by atomic mass is 10.1. The molecule has 1 atom stereocenters. The Morgan fingerprint density at radius 1 is 0.909 bits per heavy atom. The molecule has 2 amide bonds. The summed E-state index contributed by atoms with van der Waals surface area (Å²) in [5.41, 5.74) is 14.7. The molecule has 6 N–H and O–H groups in total. The molecule has 33 heavy (non-hydrogen) atoms. The molecule has 3 aromatic carbocycles. The SMILES string of the molecule is N#Cc1ccc(C(=O)NCc2ccc(COC(C(=N)N)c3ccc(C(N)=O)cc3)cc2)cc1. The van der Waals surface area contributed by atoms with Crippen LogP contribution in [0.15, 0.2) is 72.8 Å². The number of carbonyl (C=O) groups is 2. The minimum absolute atomic E-state index is 0.149. The number of nitrogens with two attached hydrogens (primary N) is 2. The minimum atomic E-state index is -0.752. The van der Waals surface area contributed by atoms with E-state index in [1.165, 1.54) is 0 Å². The Kier molecular flexibility index (Phi) is 7.52. The topological polar surface area (TPSA) is 155 Å². The standard InChI is InChI=1S/C25H23N5O3/c26-13-16-5-7-21(8-6-16)25(32)30-14-17-1-3-18(4-2-17)15-33-22(23(27)28)19-9-11-20(12-10-19)24(29)31/h1-12,22H,14-15H2,(H3,27,28)(H2,29,31)(H,30,32). The van der Waals surface area contributed by atoms with Crippen LogP contribution in [-0.4, -0.2) is 17.6 Å². The number of amides is 2. The molecule has 1 unspecified atom stereocenters. The number of amidine groups is 1. The number of primary amides is 1. The van der Waals surface area contributed by atoms with E-state index < -0.39 is 12.0 Å². The highest BCUT2D eigenvalue weighted by atomic mass is 16.5. The zero-order valence-electron chi connectivity index (χ0n) is 17.7. The lowest BCUT2D eigenvalue weighted by Crippen LogP contribution is -2.23. The maximum Gasteiger partial charge on any atom is 0.251 e. The third kappa shape index (κ3) is 6.26. The molecule has 0 aliphatic heterocycles. The number of hydrogen-bond acceptors (Lipinski definition) is 5. The van der Waals surface area contributed by atoms with Gasteiger partial charge in [0.2, 0.25) is 5.91 Å². The van der Waals surface area contributed by atoms with E-state index in [0.29, 0.717) is 28.8 Å². The predicted molar refractivity (Wildman–Crippen MR) is 123 cm³/mol. The Bertz CT molecular complexity index is 1180. The molecule has 0 heterocycles. The zero-order chi connectivity index (χ0) is 23.8. The van der Waals surface area contributed by atoms with Crippen molar-refractivity contribution in [2.24, 2.45) is 11.5 Å². The first-order valence-corrected chi connectivity index (χ1v) is 10.1. The van der Waals surface area contributed by atoms with Crippen LogP contribution in [0.1, 0.15) is 49.1 Å². The lowest BCUT2D eigenvalue weighted by molar-refractivity contribution is 0.0831. The molecule has 0 aliphatic carbocycles. The normalized spacial score (nSPS) is 11.2. The van der Waals surface area contributed by atoms with Crippen LogP contribution in [0, 0.1) is 16.7 Å². The summed E-state index contributed by atoms with van der Waals surface area (Å²) >= 11 is 0. The quantitative estimate of drug-likeness (QED) is 0.297. The van der Waals surface area contributed by atoms with Gasteiger partial charge in [-0.05, 0) is 53.1 Å². The fraction of sp³-hybridized carbons (Fsp3) is 0.120.